The summed E-state index contributed by atoms with van der Waals surface area (Å²) in [6.45, 7) is 8.14. The lowest BCUT2D eigenvalue weighted by atomic mass is 9.84. The average Bonchev–Trinajstić information content (AvgIpc) is 2.81. The number of carboxylic acid groups (broad SMARTS) is 1. The number of piperazine rings is 1. The number of rotatable bonds is 5. The number of ether oxygens (including phenoxy) is 2. The summed E-state index contributed by atoms with van der Waals surface area (Å²) in [6.07, 6.45) is 0.657. The van der Waals surface area contributed by atoms with Crippen molar-refractivity contribution in [2.24, 2.45) is 5.41 Å². The molecule has 0 bridgehead atoms. The molecule has 1 aliphatic rings. The summed E-state index contributed by atoms with van der Waals surface area (Å²) in [4.78, 5) is 24.5. The van der Waals surface area contributed by atoms with Crippen molar-refractivity contribution < 1.29 is 19.4 Å². The van der Waals surface area contributed by atoms with Crippen LogP contribution in [0.2, 0.25) is 0 Å². The van der Waals surface area contributed by atoms with Gasteiger partial charge in [0.1, 0.15) is 18.8 Å². The fourth-order valence-electron chi connectivity index (χ4n) is 4.26. The SMILES string of the molecule is COc1cc2c(N3CCN(C(=O)O)C(C(C)(C)C)C3)ncnc2cc1OCc1ccccc1. The number of aromatic nitrogens is 2. The molecule has 33 heavy (non-hydrogen) atoms. The Balaban J connectivity index is 1.65. The average molecular weight is 451 g/mol. The molecule has 0 saturated carbocycles. The third-order valence-corrected chi connectivity index (χ3v) is 6.06. The number of methoxy groups -OCH3 is 1. The van der Waals surface area contributed by atoms with Crippen molar-refractivity contribution in [2.75, 3.05) is 31.6 Å². The molecule has 8 heteroatoms. The minimum absolute atomic E-state index is 0.163. The number of nitrogens with zero attached hydrogens (tertiary/aromatic N) is 4. The van der Waals surface area contributed by atoms with E-state index >= 15 is 0 Å². The van der Waals surface area contributed by atoms with Gasteiger partial charge in [-0.1, -0.05) is 51.1 Å². The monoisotopic (exact) mass is 450 g/mol. The maximum absolute atomic E-state index is 11.8. The molecule has 0 spiro atoms. The number of hydrogen-bond donors (Lipinski definition) is 1. The summed E-state index contributed by atoms with van der Waals surface area (Å²) in [5, 5.41) is 10.5. The highest BCUT2D eigenvalue weighted by molar-refractivity contribution is 5.92. The van der Waals surface area contributed by atoms with Crippen molar-refractivity contribution in [3.05, 3.63) is 54.4 Å². The van der Waals surface area contributed by atoms with Gasteiger partial charge in [0.2, 0.25) is 0 Å². The van der Waals surface area contributed by atoms with Gasteiger partial charge in [-0.2, -0.15) is 0 Å². The highest BCUT2D eigenvalue weighted by Crippen LogP contribution is 2.37. The zero-order valence-corrected chi connectivity index (χ0v) is 19.5. The Hall–Kier alpha value is -3.55. The molecule has 1 amide bonds. The minimum Gasteiger partial charge on any atom is -0.493 e. The molecule has 1 atom stereocenters. The Morgan fingerprint density at radius 1 is 1.12 bits per heavy atom. The number of amides is 1. The zero-order chi connectivity index (χ0) is 23.6. The number of benzene rings is 2. The van der Waals surface area contributed by atoms with Crippen LogP contribution in [0.4, 0.5) is 10.6 Å². The zero-order valence-electron chi connectivity index (χ0n) is 19.5. The Morgan fingerprint density at radius 3 is 2.55 bits per heavy atom. The summed E-state index contributed by atoms with van der Waals surface area (Å²) in [5.74, 6) is 1.99. The summed E-state index contributed by atoms with van der Waals surface area (Å²) < 4.78 is 11.7. The topological polar surface area (TPSA) is 88.0 Å². The lowest BCUT2D eigenvalue weighted by Gasteiger charge is -2.46. The van der Waals surface area contributed by atoms with Crippen molar-refractivity contribution in [1.29, 1.82) is 0 Å². The summed E-state index contributed by atoms with van der Waals surface area (Å²) in [6, 6.07) is 13.6. The first-order chi connectivity index (χ1) is 15.8. The van der Waals surface area contributed by atoms with Gasteiger partial charge in [0, 0.05) is 31.1 Å². The molecule has 1 aliphatic heterocycles. The predicted molar refractivity (Wildman–Crippen MR) is 127 cm³/mol. The first kappa shape index (κ1) is 22.6. The van der Waals surface area contributed by atoms with Crippen LogP contribution in [0.1, 0.15) is 26.3 Å². The molecule has 1 saturated heterocycles. The minimum atomic E-state index is -0.885. The van der Waals surface area contributed by atoms with E-state index in [2.05, 4.69) is 35.6 Å². The smallest absolute Gasteiger partial charge is 0.407 e. The summed E-state index contributed by atoms with van der Waals surface area (Å²) in [5.41, 5.74) is 1.60. The quantitative estimate of drug-likeness (QED) is 0.615. The van der Waals surface area contributed by atoms with Gasteiger partial charge in [0.05, 0.1) is 18.7 Å². The van der Waals surface area contributed by atoms with E-state index < -0.39 is 6.09 Å². The molecule has 3 aromatic rings. The van der Waals surface area contributed by atoms with Crippen molar-refractivity contribution in [1.82, 2.24) is 14.9 Å². The van der Waals surface area contributed by atoms with Gasteiger partial charge in [-0.25, -0.2) is 14.8 Å². The van der Waals surface area contributed by atoms with Crippen molar-refractivity contribution in [3.63, 3.8) is 0 Å². The van der Waals surface area contributed by atoms with E-state index in [1.807, 2.05) is 42.5 Å². The molecule has 0 radical (unpaired) electrons. The molecule has 1 unspecified atom stereocenters. The van der Waals surface area contributed by atoms with E-state index in [1.165, 1.54) is 4.90 Å². The van der Waals surface area contributed by atoms with Crippen LogP contribution in [0.25, 0.3) is 10.9 Å². The van der Waals surface area contributed by atoms with Crippen LogP contribution in [0.15, 0.2) is 48.8 Å². The Bertz CT molecular complexity index is 1130. The molecule has 1 fully saturated rings. The van der Waals surface area contributed by atoms with Crippen molar-refractivity contribution in [3.8, 4) is 11.5 Å². The molecule has 1 aromatic heterocycles. The van der Waals surface area contributed by atoms with Crippen LogP contribution in [-0.4, -0.2) is 58.9 Å². The van der Waals surface area contributed by atoms with Crippen LogP contribution in [-0.2, 0) is 6.61 Å². The molecular formula is C25H30N4O4. The first-order valence-electron chi connectivity index (χ1n) is 11.0. The summed E-state index contributed by atoms with van der Waals surface area (Å²) in [7, 11) is 1.61. The molecule has 8 nitrogen and oxygen atoms in total. The molecule has 0 aliphatic carbocycles. The fraction of sp³-hybridized carbons (Fsp3) is 0.400. The van der Waals surface area contributed by atoms with E-state index in [0.717, 1.165) is 22.3 Å². The molecule has 4 rings (SSSR count). The number of fused-ring (bicyclic) bond motifs is 1. The lowest BCUT2D eigenvalue weighted by Crippen LogP contribution is -2.59. The number of hydrogen-bond acceptors (Lipinski definition) is 6. The van der Waals surface area contributed by atoms with Crippen LogP contribution >= 0.6 is 0 Å². The van der Waals surface area contributed by atoms with Gasteiger partial charge in [0.15, 0.2) is 11.5 Å². The van der Waals surface area contributed by atoms with E-state index in [0.29, 0.717) is 37.7 Å². The van der Waals surface area contributed by atoms with Gasteiger partial charge in [-0.05, 0) is 17.0 Å². The van der Waals surface area contributed by atoms with Gasteiger partial charge in [0.25, 0.3) is 0 Å². The molecule has 2 aromatic carbocycles. The third-order valence-electron chi connectivity index (χ3n) is 6.06. The van der Waals surface area contributed by atoms with Gasteiger partial charge < -0.3 is 24.4 Å². The van der Waals surface area contributed by atoms with E-state index in [-0.39, 0.29) is 11.5 Å². The number of anilines is 1. The van der Waals surface area contributed by atoms with Crippen LogP contribution in [0.5, 0.6) is 11.5 Å². The number of carbonyl (C=O) groups is 1. The van der Waals surface area contributed by atoms with Gasteiger partial charge in [-0.3, -0.25) is 0 Å². The standard InChI is InChI=1S/C25H30N4O4/c1-25(2,3)22-14-28(10-11-29(22)24(30)31)23-18-12-20(32-4)21(13-19(18)26-16-27-23)33-15-17-8-6-5-7-9-17/h5-9,12-13,16,22H,10-11,14-15H2,1-4H3,(H,30,31). The largest absolute Gasteiger partial charge is 0.493 e. The second kappa shape index (κ2) is 9.13. The van der Waals surface area contributed by atoms with Crippen LogP contribution < -0.4 is 14.4 Å². The molecule has 2 heterocycles. The molecular weight excluding hydrogens is 420 g/mol. The van der Waals surface area contributed by atoms with Crippen molar-refractivity contribution in [2.45, 2.75) is 33.4 Å². The highest BCUT2D eigenvalue weighted by Gasteiger charge is 2.38. The maximum atomic E-state index is 11.8. The van der Waals surface area contributed by atoms with E-state index in [1.54, 1.807) is 13.4 Å². The van der Waals surface area contributed by atoms with Gasteiger partial charge in [-0.15, -0.1) is 0 Å². The Kier molecular flexibility index (Phi) is 6.26. The predicted octanol–water partition coefficient (Wildman–Crippen LogP) is 4.43. The second-order valence-electron chi connectivity index (χ2n) is 9.30. The first-order valence-corrected chi connectivity index (χ1v) is 11.0. The van der Waals surface area contributed by atoms with E-state index in [4.69, 9.17) is 9.47 Å². The third kappa shape index (κ3) is 4.79. The lowest BCUT2D eigenvalue weighted by molar-refractivity contribution is 0.0747. The Labute approximate surface area is 193 Å². The maximum Gasteiger partial charge on any atom is 0.407 e. The normalized spacial score (nSPS) is 16.7. The second-order valence-corrected chi connectivity index (χ2v) is 9.30. The van der Waals surface area contributed by atoms with Crippen LogP contribution in [0.3, 0.4) is 0 Å². The molecule has 174 valence electrons. The Morgan fingerprint density at radius 2 is 1.88 bits per heavy atom. The van der Waals surface area contributed by atoms with Crippen molar-refractivity contribution >= 4 is 22.8 Å². The van der Waals surface area contributed by atoms with Crippen LogP contribution in [0, 0.1) is 5.41 Å². The highest BCUT2D eigenvalue weighted by atomic mass is 16.5. The molecule has 1 N–H and O–H groups in total. The summed E-state index contributed by atoms with van der Waals surface area (Å²) >= 11 is 0. The van der Waals surface area contributed by atoms with Gasteiger partial charge >= 0.3 is 6.09 Å². The fourth-order valence-corrected chi connectivity index (χ4v) is 4.26. The van der Waals surface area contributed by atoms with E-state index in [9.17, 15) is 9.90 Å².